The molecule has 0 fully saturated rings. The van der Waals surface area contributed by atoms with Crippen molar-refractivity contribution in [1.82, 2.24) is 0 Å². The van der Waals surface area contributed by atoms with Gasteiger partial charge in [0.2, 0.25) is 0 Å². The maximum Gasteiger partial charge on any atom is 0.472 e. The Balaban J connectivity index is 4.76. The summed E-state index contributed by atoms with van der Waals surface area (Å²) in [7, 11) is -4.77. The quantitative estimate of drug-likeness (QED) is 0.0197. The Morgan fingerprint density at radius 1 is 0.362 bits per heavy atom. The van der Waals surface area contributed by atoms with Gasteiger partial charge in [-0.25, -0.2) is 4.57 Å². The highest BCUT2D eigenvalue weighted by Crippen LogP contribution is 2.43. The maximum absolute atomic E-state index is 13.0. The van der Waals surface area contributed by atoms with E-state index < -0.39 is 57.8 Å². The first-order chi connectivity index (χ1) is 39.2. The van der Waals surface area contributed by atoms with E-state index in [0.717, 1.165) is 122 Å². The number of aliphatic hydroxyl groups excluding tert-OH is 1. The van der Waals surface area contributed by atoms with Crippen molar-refractivity contribution < 1.29 is 52.2 Å². The summed E-state index contributed by atoms with van der Waals surface area (Å²) in [5, 5.41) is 9.84. The lowest BCUT2D eigenvalue weighted by Gasteiger charge is -2.21. The normalized spacial score (nSPS) is 13.9. The average Bonchev–Trinajstić information content (AvgIpc) is 3.45. The molecule has 3 unspecified atom stereocenters. The highest BCUT2D eigenvalue weighted by molar-refractivity contribution is 7.47. The number of esters is 3. The topological polar surface area (TPSA) is 155 Å². The highest BCUT2D eigenvalue weighted by atomic mass is 31.2. The van der Waals surface area contributed by atoms with Gasteiger partial charge in [-0.05, 0) is 96.3 Å². The van der Waals surface area contributed by atoms with Crippen LogP contribution in [0, 0.1) is 0 Å². The monoisotopic (exact) mass is 1140 g/mol. The molecule has 0 bridgehead atoms. The van der Waals surface area contributed by atoms with Gasteiger partial charge in [-0.3, -0.25) is 23.4 Å². The molecular formula is C68H117O11P. The van der Waals surface area contributed by atoms with Crippen LogP contribution in [0.15, 0.2) is 97.2 Å². The minimum Gasteiger partial charge on any atom is -0.462 e. The summed E-state index contributed by atoms with van der Waals surface area (Å²) >= 11 is 0. The molecule has 0 aromatic carbocycles. The molecule has 0 rings (SSSR count). The zero-order chi connectivity index (χ0) is 58.3. The summed E-state index contributed by atoms with van der Waals surface area (Å²) in [6.45, 7) is 4.39. The number of phosphoric acid groups is 1. The first-order valence-electron chi connectivity index (χ1n) is 32.1. The van der Waals surface area contributed by atoms with Crippen LogP contribution in [-0.2, 0) is 42.2 Å². The predicted molar refractivity (Wildman–Crippen MR) is 334 cm³/mol. The standard InChI is InChI=1S/C68H117O11P/c1-4-7-10-13-16-19-22-25-28-30-32-34-37-39-42-45-48-51-54-57-66(70)75-61-65(79-68(72)59-56-53-50-47-44-41-38-35-33-31-29-26-23-20-17-14-11-8-5-2)63-77-80(73,74)76-62-64(60-69)78-67(71)58-55-52-49-46-43-40-36-27-24-21-18-15-12-9-6-3/h7,9-10,12,16,18-19,21,25,27-28,32,34,36,43,46,64-65,69H,4-6,8,11,13-15,17,20,22-24,26,29-31,33,35,37-42,44-45,47-63H2,1-3H3,(H,73,74)/b10-7-,12-9-,19-16-,21-18-,28-25-,34-32-,36-27-,46-43-. The van der Waals surface area contributed by atoms with Gasteiger partial charge in [0.05, 0.1) is 19.8 Å². The van der Waals surface area contributed by atoms with Crippen molar-refractivity contribution in [2.24, 2.45) is 0 Å². The van der Waals surface area contributed by atoms with Crippen LogP contribution in [0.25, 0.3) is 0 Å². The van der Waals surface area contributed by atoms with Crippen molar-refractivity contribution in [2.75, 3.05) is 26.4 Å². The lowest BCUT2D eigenvalue weighted by molar-refractivity contribution is -0.161. The number of rotatable bonds is 59. The van der Waals surface area contributed by atoms with Gasteiger partial charge in [0.1, 0.15) is 12.7 Å². The number of carbonyl (C=O) groups excluding carboxylic acids is 3. The van der Waals surface area contributed by atoms with E-state index in [1.807, 2.05) is 0 Å². The van der Waals surface area contributed by atoms with Gasteiger partial charge in [-0.2, -0.15) is 0 Å². The van der Waals surface area contributed by atoms with E-state index in [1.165, 1.54) is 96.3 Å². The molecule has 0 aliphatic heterocycles. The smallest absolute Gasteiger partial charge is 0.462 e. The second-order valence-electron chi connectivity index (χ2n) is 21.2. The molecule has 460 valence electrons. The van der Waals surface area contributed by atoms with Crippen LogP contribution in [0.4, 0.5) is 0 Å². The zero-order valence-electron chi connectivity index (χ0n) is 51.0. The molecule has 0 saturated carbocycles. The summed E-state index contributed by atoms with van der Waals surface area (Å²) in [6, 6.07) is 0. The van der Waals surface area contributed by atoms with Gasteiger partial charge in [-0.1, -0.05) is 259 Å². The molecule has 3 atom stereocenters. The van der Waals surface area contributed by atoms with Crippen molar-refractivity contribution in [3.63, 3.8) is 0 Å². The number of allylic oxidation sites excluding steroid dienone is 16. The van der Waals surface area contributed by atoms with Crippen molar-refractivity contribution in [2.45, 2.75) is 290 Å². The van der Waals surface area contributed by atoms with Gasteiger partial charge in [-0.15, -0.1) is 0 Å². The predicted octanol–water partition coefficient (Wildman–Crippen LogP) is 19.6. The van der Waals surface area contributed by atoms with Gasteiger partial charge in [0, 0.05) is 19.3 Å². The molecule has 0 aliphatic carbocycles. The fraction of sp³-hybridized carbons (Fsp3) is 0.721. The largest absolute Gasteiger partial charge is 0.472 e. The minimum atomic E-state index is -4.77. The van der Waals surface area contributed by atoms with Crippen LogP contribution in [0.5, 0.6) is 0 Å². The molecule has 0 radical (unpaired) electrons. The molecule has 80 heavy (non-hydrogen) atoms. The third-order valence-electron chi connectivity index (χ3n) is 13.5. The molecule has 0 aliphatic rings. The lowest BCUT2D eigenvalue weighted by Crippen LogP contribution is -2.30. The Morgan fingerprint density at radius 3 is 1.02 bits per heavy atom. The van der Waals surface area contributed by atoms with Gasteiger partial charge < -0.3 is 24.2 Å². The van der Waals surface area contributed by atoms with Crippen LogP contribution >= 0.6 is 7.82 Å². The number of phosphoric ester groups is 1. The fourth-order valence-corrected chi connectivity index (χ4v) is 9.48. The maximum atomic E-state index is 13.0. The Bertz CT molecular complexity index is 1710. The van der Waals surface area contributed by atoms with Crippen LogP contribution in [0.3, 0.4) is 0 Å². The molecule has 0 amide bonds. The van der Waals surface area contributed by atoms with Crippen LogP contribution in [0.2, 0.25) is 0 Å². The van der Waals surface area contributed by atoms with Gasteiger partial charge in [0.15, 0.2) is 6.10 Å². The van der Waals surface area contributed by atoms with Gasteiger partial charge in [0.25, 0.3) is 0 Å². The Morgan fingerprint density at radius 2 is 0.650 bits per heavy atom. The summed E-state index contributed by atoms with van der Waals surface area (Å²) < 4.78 is 39.6. The average molecular weight is 1140 g/mol. The summed E-state index contributed by atoms with van der Waals surface area (Å²) in [4.78, 5) is 48.7. The molecule has 0 spiro atoms. The second kappa shape index (κ2) is 61.5. The minimum absolute atomic E-state index is 0.121. The summed E-state index contributed by atoms with van der Waals surface area (Å²) in [6.07, 6.45) is 73.6. The van der Waals surface area contributed by atoms with E-state index in [2.05, 4.69) is 118 Å². The SMILES string of the molecule is CC/C=C\C/C=C\C/C=C\C/C=C\CCCCCCCCC(=O)OCC(COP(=O)(O)OCC(CO)OC(=O)CCCC/C=C\C/C=C\C/C=C\C/C=C\CC)OC(=O)CCCCCCCCCCCCCCCCCCCCC. The third kappa shape index (κ3) is 59.0. The first-order valence-corrected chi connectivity index (χ1v) is 33.6. The van der Waals surface area contributed by atoms with Crippen molar-refractivity contribution in [3.8, 4) is 0 Å². The van der Waals surface area contributed by atoms with Crippen molar-refractivity contribution in [3.05, 3.63) is 97.2 Å². The molecule has 0 aromatic rings. The number of aliphatic hydroxyl groups is 1. The van der Waals surface area contributed by atoms with E-state index in [1.54, 1.807) is 0 Å². The van der Waals surface area contributed by atoms with E-state index in [-0.39, 0.29) is 25.9 Å². The number of ether oxygens (including phenoxy) is 3. The van der Waals surface area contributed by atoms with E-state index in [9.17, 15) is 28.9 Å². The molecule has 11 nitrogen and oxygen atoms in total. The Labute approximate surface area is 489 Å². The van der Waals surface area contributed by atoms with Gasteiger partial charge >= 0.3 is 25.7 Å². The van der Waals surface area contributed by atoms with Crippen LogP contribution < -0.4 is 0 Å². The second-order valence-corrected chi connectivity index (χ2v) is 22.6. The molecule has 2 N–H and O–H groups in total. The van der Waals surface area contributed by atoms with E-state index >= 15 is 0 Å². The van der Waals surface area contributed by atoms with Crippen LogP contribution in [0.1, 0.15) is 278 Å². The van der Waals surface area contributed by atoms with E-state index in [0.29, 0.717) is 19.3 Å². The summed E-state index contributed by atoms with van der Waals surface area (Å²) in [5.74, 6) is -1.52. The van der Waals surface area contributed by atoms with E-state index in [4.69, 9.17) is 23.3 Å². The van der Waals surface area contributed by atoms with Crippen LogP contribution in [-0.4, -0.2) is 66.5 Å². The number of hydrogen-bond acceptors (Lipinski definition) is 10. The molecule has 0 aromatic heterocycles. The summed E-state index contributed by atoms with van der Waals surface area (Å²) in [5.41, 5.74) is 0. The Hall–Kier alpha value is -3.60. The third-order valence-corrected chi connectivity index (χ3v) is 14.5. The zero-order valence-corrected chi connectivity index (χ0v) is 51.9. The molecule has 0 saturated heterocycles. The van der Waals surface area contributed by atoms with Crippen molar-refractivity contribution in [1.29, 1.82) is 0 Å². The molecular weight excluding hydrogens is 1020 g/mol. The number of carbonyl (C=O) groups is 3. The fourth-order valence-electron chi connectivity index (χ4n) is 8.69. The first kappa shape index (κ1) is 76.4. The van der Waals surface area contributed by atoms with Crippen molar-refractivity contribution >= 4 is 25.7 Å². The lowest BCUT2D eigenvalue weighted by atomic mass is 10.0. The Kier molecular flexibility index (Phi) is 58.7. The number of unbranched alkanes of at least 4 members (excludes halogenated alkanes) is 26. The molecule has 0 heterocycles. The highest BCUT2D eigenvalue weighted by Gasteiger charge is 2.28. The molecule has 12 heteroatoms. The number of hydrogen-bond donors (Lipinski definition) is 2.